The summed E-state index contributed by atoms with van der Waals surface area (Å²) in [6.45, 7) is 0.807. The summed E-state index contributed by atoms with van der Waals surface area (Å²) in [5, 5.41) is 9.47. The van der Waals surface area contributed by atoms with Gasteiger partial charge in [-0.25, -0.2) is 22.0 Å². The van der Waals surface area contributed by atoms with Crippen LogP contribution in [0.3, 0.4) is 0 Å². The normalized spacial score (nSPS) is 17.4. The first-order valence-electron chi connectivity index (χ1n) is 12.1. The van der Waals surface area contributed by atoms with Crippen molar-refractivity contribution in [2.45, 2.75) is 48.1 Å². The molecule has 0 aliphatic carbocycles. The quantitative estimate of drug-likeness (QED) is 0.326. The molecule has 2 aromatic carbocycles. The summed E-state index contributed by atoms with van der Waals surface area (Å²) in [4.78, 5) is 18.1. The highest BCUT2D eigenvalue weighted by Crippen LogP contribution is 2.43. The van der Waals surface area contributed by atoms with E-state index in [1.807, 2.05) is 41.5 Å². The van der Waals surface area contributed by atoms with Crippen LogP contribution in [0.4, 0.5) is 20.2 Å². The number of halogens is 2. The molecule has 1 aliphatic rings. The van der Waals surface area contributed by atoms with Crippen LogP contribution < -0.4 is 9.64 Å². The number of anilines is 2. The molecule has 1 atom stereocenters. The number of hydrogen-bond acceptors (Lipinski definition) is 7. The number of carbonyl (C=O) groups is 1. The number of hydrogen-bond donors (Lipinski definition) is 1. The van der Waals surface area contributed by atoms with E-state index in [1.54, 1.807) is 6.07 Å². The molecule has 0 fully saturated rings. The van der Waals surface area contributed by atoms with E-state index in [4.69, 9.17) is 4.74 Å². The molecule has 39 heavy (non-hydrogen) atoms. The van der Waals surface area contributed by atoms with Crippen LogP contribution in [0.25, 0.3) is 0 Å². The zero-order valence-electron chi connectivity index (χ0n) is 21.7. The number of sulfonamides is 1. The number of aromatic nitrogens is 1. The number of pyridine rings is 1. The molecule has 0 saturated carbocycles. The van der Waals surface area contributed by atoms with Gasteiger partial charge in [-0.1, -0.05) is 18.2 Å². The second-order valence-corrected chi connectivity index (χ2v) is 12.1. The summed E-state index contributed by atoms with van der Waals surface area (Å²) in [6, 6.07) is 14.5. The Hall–Kier alpha value is -3.22. The number of para-hydroxylation sites is 1. The third kappa shape index (κ3) is 6.34. The first-order chi connectivity index (χ1) is 18.4. The predicted octanol–water partition coefficient (Wildman–Crippen LogP) is 5.66. The van der Waals surface area contributed by atoms with Gasteiger partial charge >= 0.3 is 5.97 Å². The Morgan fingerprint density at radius 2 is 1.92 bits per heavy atom. The van der Waals surface area contributed by atoms with Crippen molar-refractivity contribution in [3.8, 4) is 5.75 Å². The Balaban J connectivity index is 1.81. The van der Waals surface area contributed by atoms with Crippen LogP contribution in [-0.2, 0) is 16.6 Å². The van der Waals surface area contributed by atoms with Crippen molar-refractivity contribution in [2.75, 3.05) is 24.7 Å². The number of carboxylic acid groups (broad SMARTS) is 1. The van der Waals surface area contributed by atoms with Crippen molar-refractivity contribution >= 4 is 39.1 Å². The second kappa shape index (κ2) is 11.5. The van der Waals surface area contributed by atoms with E-state index in [9.17, 15) is 27.1 Å². The zero-order valence-corrected chi connectivity index (χ0v) is 23.3. The molecule has 0 saturated heterocycles. The van der Waals surface area contributed by atoms with Crippen LogP contribution in [0.5, 0.6) is 5.75 Å². The fourth-order valence-electron chi connectivity index (χ4n) is 4.44. The van der Waals surface area contributed by atoms with Crippen molar-refractivity contribution in [3.63, 3.8) is 0 Å². The van der Waals surface area contributed by atoms with Gasteiger partial charge in [0.1, 0.15) is 17.3 Å². The van der Waals surface area contributed by atoms with Crippen LogP contribution >= 0.6 is 11.8 Å². The Morgan fingerprint density at radius 3 is 2.56 bits per heavy atom. The maximum Gasteiger partial charge on any atom is 0.337 e. The highest BCUT2D eigenvalue weighted by atomic mass is 32.2. The summed E-state index contributed by atoms with van der Waals surface area (Å²) in [6.07, 6.45) is 2.77. The molecule has 0 unspecified atom stereocenters. The maximum absolute atomic E-state index is 13.9. The SMILES string of the molecule is CSc1cc2c(cc1OCc1ncccc1C(=O)O)S(=O)(=O)N(C)[C@H](CCC(C)(F)F)CN2c1ccccc1. The van der Waals surface area contributed by atoms with Crippen LogP contribution in [0.2, 0.25) is 0 Å². The predicted molar refractivity (Wildman–Crippen MR) is 146 cm³/mol. The first kappa shape index (κ1) is 28.8. The number of aromatic carboxylic acids is 1. The molecule has 208 valence electrons. The van der Waals surface area contributed by atoms with E-state index >= 15 is 0 Å². The van der Waals surface area contributed by atoms with Crippen molar-refractivity contribution in [2.24, 2.45) is 0 Å². The molecule has 0 bridgehead atoms. The Morgan fingerprint density at radius 1 is 1.21 bits per heavy atom. The third-order valence-corrected chi connectivity index (χ3v) is 9.27. The molecule has 3 aromatic rings. The van der Waals surface area contributed by atoms with Gasteiger partial charge in [0.15, 0.2) is 0 Å². The van der Waals surface area contributed by atoms with Crippen LogP contribution in [-0.4, -0.2) is 60.6 Å². The lowest BCUT2D eigenvalue weighted by molar-refractivity contribution is 0.00679. The lowest BCUT2D eigenvalue weighted by Gasteiger charge is -2.30. The minimum atomic E-state index is -4.12. The molecule has 1 aromatic heterocycles. The van der Waals surface area contributed by atoms with Gasteiger partial charge in [-0.2, -0.15) is 4.31 Å². The zero-order chi connectivity index (χ0) is 28.4. The van der Waals surface area contributed by atoms with Crippen LogP contribution in [0.1, 0.15) is 35.8 Å². The van der Waals surface area contributed by atoms with Gasteiger partial charge < -0.3 is 14.7 Å². The van der Waals surface area contributed by atoms with E-state index in [-0.39, 0.29) is 41.5 Å². The molecule has 2 heterocycles. The molecule has 8 nitrogen and oxygen atoms in total. The van der Waals surface area contributed by atoms with Crippen LogP contribution in [0.15, 0.2) is 70.6 Å². The van der Waals surface area contributed by atoms with Gasteiger partial charge in [-0.05, 0) is 49.9 Å². The minimum absolute atomic E-state index is 0.0175. The molecule has 0 amide bonds. The van der Waals surface area contributed by atoms with Gasteiger partial charge in [0.05, 0.1) is 21.8 Å². The number of likely N-dealkylation sites (N-methyl/N-ethyl adjacent to an activating group) is 1. The average molecular weight is 578 g/mol. The topological polar surface area (TPSA) is 100 Å². The second-order valence-electron chi connectivity index (χ2n) is 9.29. The van der Waals surface area contributed by atoms with Gasteiger partial charge in [0.25, 0.3) is 0 Å². The van der Waals surface area contributed by atoms with Crippen LogP contribution in [0, 0.1) is 0 Å². The van der Waals surface area contributed by atoms with E-state index < -0.39 is 34.4 Å². The first-order valence-corrected chi connectivity index (χ1v) is 14.8. The standard InChI is InChI=1S/C27H29F2N3O5S2/c1-27(28,29)12-11-19-16-32(18-8-5-4-6-9-18)22-14-24(38-3)23(15-25(22)39(35,36)31(19)2)37-17-21-20(26(33)34)10-7-13-30-21/h4-10,13-15,19H,11-12,16-17H2,1-3H3,(H,33,34)/t19-/m1/s1. The number of thioether (sulfide) groups is 1. The van der Waals surface area contributed by atoms with E-state index in [2.05, 4.69) is 4.98 Å². The molecule has 4 rings (SSSR count). The molecule has 1 aliphatic heterocycles. The number of ether oxygens (including phenoxy) is 1. The maximum atomic E-state index is 13.9. The van der Waals surface area contributed by atoms with E-state index in [0.717, 1.165) is 16.9 Å². The third-order valence-electron chi connectivity index (χ3n) is 6.57. The van der Waals surface area contributed by atoms with Gasteiger partial charge in [0.2, 0.25) is 15.9 Å². The average Bonchev–Trinajstić information content (AvgIpc) is 2.98. The minimum Gasteiger partial charge on any atom is -0.486 e. The lowest BCUT2D eigenvalue weighted by Crippen LogP contribution is -2.41. The van der Waals surface area contributed by atoms with Crippen molar-refractivity contribution in [1.29, 1.82) is 0 Å². The number of fused-ring (bicyclic) bond motifs is 1. The molecule has 1 N–H and O–H groups in total. The number of nitrogens with zero attached hydrogens (tertiary/aromatic N) is 3. The fraction of sp³-hybridized carbons (Fsp3) is 0.333. The van der Waals surface area contributed by atoms with E-state index in [1.165, 1.54) is 43.2 Å². The monoisotopic (exact) mass is 577 g/mol. The molecular formula is C27H29F2N3O5S2. The molecule has 0 radical (unpaired) electrons. The highest BCUT2D eigenvalue weighted by molar-refractivity contribution is 7.98. The Labute approximate surface area is 230 Å². The number of carboxylic acids is 1. The summed E-state index contributed by atoms with van der Waals surface area (Å²) < 4.78 is 62.4. The number of alkyl halides is 2. The van der Waals surface area contributed by atoms with Crippen molar-refractivity contribution < 1.29 is 31.8 Å². The highest BCUT2D eigenvalue weighted by Gasteiger charge is 2.39. The molecule has 0 spiro atoms. The lowest BCUT2D eigenvalue weighted by atomic mass is 10.1. The smallest absolute Gasteiger partial charge is 0.337 e. The van der Waals surface area contributed by atoms with Crippen molar-refractivity contribution in [3.05, 3.63) is 72.1 Å². The van der Waals surface area contributed by atoms with Gasteiger partial charge in [-0.15, -0.1) is 11.8 Å². The summed E-state index contributed by atoms with van der Waals surface area (Å²) in [7, 11) is -2.71. The van der Waals surface area contributed by atoms with Gasteiger partial charge in [-0.3, -0.25) is 4.98 Å². The summed E-state index contributed by atoms with van der Waals surface area (Å²) >= 11 is 1.34. The summed E-state index contributed by atoms with van der Waals surface area (Å²) in [5.41, 5.74) is 1.30. The van der Waals surface area contributed by atoms with E-state index in [0.29, 0.717) is 10.6 Å². The largest absolute Gasteiger partial charge is 0.486 e. The number of benzene rings is 2. The molecule has 12 heteroatoms. The fourth-order valence-corrected chi connectivity index (χ4v) is 6.55. The number of rotatable bonds is 9. The summed E-state index contributed by atoms with van der Waals surface area (Å²) in [5.74, 6) is -3.85. The van der Waals surface area contributed by atoms with Crippen molar-refractivity contribution in [1.82, 2.24) is 9.29 Å². The molecular weight excluding hydrogens is 548 g/mol. The Kier molecular flexibility index (Phi) is 8.48. The Bertz CT molecular complexity index is 1450. The van der Waals surface area contributed by atoms with Gasteiger partial charge in [0, 0.05) is 44.0 Å².